The van der Waals surface area contributed by atoms with E-state index in [0.717, 1.165) is 5.56 Å². The van der Waals surface area contributed by atoms with Gasteiger partial charge in [-0.15, -0.1) is 0 Å². The summed E-state index contributed by atoms with van der Waals surface area (Å²) in [4.78, 5) is 12.0. The summed E-state index contributed by atoms with van der Waals surface area (Å²) in [5, 5.41) is 3.67. The van der Waals surface area contributed by atoms with E-state index in [1.54, 1.807) is 0 Å². The van der Waals surface area contributed by atoms with Gasteiger partial charge in [-0.25, -0.2) is 12.7 Å². The zero-order chi connectivity index (χ0) is 16.2. The molecule has 2 rings (SSSR count). The molecule has 1 amide bonds. The highest BCUT2D eigenvalue weighted by Gasteiger charge is 2.25. The number of hydrogen-bond donors (Lipinski definition) is 1. The number of carbonyl (C=O) groups excluding carboxylic acids is 1. The van der Waals surface area contributed by atoms with Gasteiger partial charge in [-0.2, -0.15) is 0 Å². The minimum absolute atomic E-state index is 0.00718. The first-order valence-electron chi connectivity index (χ1n) is 7.33. The SMILES string of the molecule is CS(=O)(=O)N1CCC(NC(=O)CCc2ccc(Cl)cc2)CC1. The third-order valence-electron chi connectivity index (χ3n) is 3.84. The zero-order valence-corrected chi connectivity index (χ0v) is 14.2. The number of carbonyl (C=O) groups is 1. The number of nitrogens with zero attached hydrogens (tertiary/aromatic N) is 1. The van der Waals surface area contributed by atoms with E-state index in [1.165, 1.54) is 10.6 Å². The molecule has 1 fully saturated rings. The van der Waals surface area contributed by atoms with Crippen molar-refractivity contribution in [3.05, 3.63) is 34.9 Å². The van der Waals surface area contributed by atoms with Crippen LogP contribution in [0.4, 0.5) is 0 Å². The molecule has 7 heteroatoms. The Hall–Kier alpha value is -1.11. The van der Waals surface area contributed by atoms with Crippen molar-refractivity contribution in [2.45, 2.75) is 31.7 Å². The molecule has 1 heterocycles. The van der Waals surface area contributed by atoms with E-state index in [0.29, 0.717) is 43.8 Å². The topological polar surface area (TPSA) is 66.5 Å². The van der Waals surface area contributed by atoms with Gasteiger partial charge in [0.05, 0.1) is 6.26 Å². The molecule has 0 bridgehead atoms. The van der Waals surface area contributed by atoms with Gasteiger partial charge in [0.15, 0.2) is 0 Å². The van der Waals surface area contributed by atoms with Crippen molar-refractivity contribution in [1.29, 1.82) is 0 Å². The molecule has 1 N–H and O–H groups in total. The third-order valence-corrected chi connectivity index (χ3v) is 5.40. The van der Waals surface area contributed by atoms with Crippen molar-refractivity contribution in [2.24, 2.45) is 0 Å². The summed E-state index contributed by atoms with van der Waals surface area (Å²) >= 11 is 5.82. The molecule has 22 heavy (non-hydrogen) atoms. The van der Waals surface area contributed by atoms with Crippen LogP contribution in [0.15, 0.2) is 24.3 Å². The van der Waals surface area contributed by atoms with Crippen LogP contribution in [0.1, 0.15) is 24.8 Å². The lowest BCUT2D eigenvalue weighted by molar-refractivity contribution is -0.122. The summed E-state index contributed by atoms with van der Waals surface area (Å²) in [6.07, 6.45) is 3.65. The fraction of sp³-hybridized carbons (Fsp3) is 0.533. The number of hydrogen-bond acceptors (Lipinski definition) is 3. The number of nitrogens with one attached hydrogen (secondary N) is 1. The first-order valence-corrected chi connectivity index (χ1v) is 9.56. The number of rotatable bonds is 5. The Bertz CT molecular complexity index is 608. The molecule has 1 aromatic carbocycles. The number of amides is 1. The van der Waals surface area contributed by atoms with Gasteiger partial charge in [0.2, 0.25) is 15.9 Å². The highest BCUT2D eigenvalue weighted by atomic mass is 35.5. The molecule has 5 nitrogen and oxygen atoms in total. The van der Waals surface area contributed by atoms with Gasteiger partial charge < -0.3 is 5.32 Å². The first-order chi connectivity index (χ1) is 10.3. The second-order valence-electron chi connectivity index (χ2n) is 5.63. The standard InChI is InChI=1S/C15H21ClN2O3S/c1-22(20,21)18-10-8-14(9-11-18)17-15(19)7-4-12-2-5-13(16)6-3-12/h2-3,5-6,14H,4,7-11H2,1H3,(H,17,19). The summed E-state index contributed by atoms with van der Waals surface area (Å²) in [7, 11) is -3.12. The summed E-state index contributed by atoms with van der Waals surface area (Å²) in [5.74, 6) is 0.00718. The molecule has 0 aromatic heterocycles. The van der Waals surface area contributed by atoms with Gasteiger partial charge in [-0.1, -0.05) is 23.7 Å². The smallest absolute Gasteiger partial charge is 0.220 e. The van der Waals surface area contributed by atoms with E-state index in [2.05, 4.69) is 5.32 Å². The van der Waals surface area contributed by atoms with Crippen molar-refractivity contribution >= 4 is 27.5 Å². The van der Waals surface area contributed by atoms with E-state index in [4.69, 9.17) is 11.6 Å². The van der Waals surface area contributed by atoms with Crippen LogP contribution in [0.3, 0.4) is 0 Å². The van der Waals surface area contributed by atoms with E-state index >= 15 is 0 Å². The molecular weight excluding hydrogens is 324 g/mol. The second kappa shape index (κ2) is 7.44. The fourth-order valence-electron chi connectivity index (χ4n) is 2.54. The van der Waals surface area contributed by atoms with Gasteiger partial charge in [0.25, 0.3) is 0 Å². The van der Waals surface area contributed by atoms with Crippen molar-refractivity contribution < 1.29 is 13.2 Å². The summed E-state index contributed by atoms with van der Waals surface area (Å²) in [6.45, 7) is 0.946. The van der Waals surface area contributed by atoms with Gasteiger partial charge in [0.1, 0.15) is 0 Å². The first kappa shape index (κ1) is 17.2. The van der Waals surface area contributed by atoms with Crippen LogP contribution in [0.2, 0.25) is 5.02 Å². The quantitative estimate of drug-likeness (QED) is 0.886. The predicted octanol–water partition coefficient (Wildman–Crippen LogP) is 1.81. The second-order valence-corrected chi connectivity index (χ2v) is 8.05. The van der Waals surface area contributed by atoms with Gasteiger partial charge in [-0.05, 0) is 37.0 Å². The molecule has 1 aliphatic heterocycles. The Labute approximate surface area is 136 Å². The van der Waals surface area contributed by atoms with Crippen molar-refractivity contribution in [3.63, 3.8) is 0 Å². The van der Waals surface area contributed by atoms with Crippen molar-refractivity contribution in [2.75, 3.05) is 19.3 Å². The Kier molecular flexibility index (Phi) is 5.83. The average Bonchev–Trinajstić information content (AvgIpc) is 2.46. The molecule has 0 aliphatic carbocycles. The Morgan fingerprint density at radius 3 is 2.41 bits per heavy atom. The molecular formula is C15H21ClN2O3S. The van der Waals surface area contributed by atoms with Gasteiger partial charge >= 0.3 is 0 Å². The zero-order valence-electron chi connectivity index (χ0n) is 12.6. The average molecular weight is 345 g/mol. The van der Waals surface area contributed by atoms with E-state index in [9.17, 15) is 13.2 Å². The van der Waals surface area contributed by atoms with E-state index in [1.807, 2.05) is 24.3 Å². The number of aryl methyl sites for hydroxylation is 1. The lowest BCUT2D eigenvalue weighted by Crippen LogP contribution is -2.46. The maximum absolute atomic E-state index is 12.0. The van der Waals surface area contributed by atoms with Crippen LogP contribution in [-0.2, 0) is 21.2 Å². The predicted molar refractivity (Wildman–Crippen MR) is 87.4 cm³/mol. The van der Waals surface area contributed by atoms with Gasteiger partial charge in [0, 0.05) is 30.6 Å². The lowest BCUT2D eigenvalue weighted by atomic mass is 10.1. The van der Waals surface area contributed by atoms with Crippen LogP contribution in [0.5, 0.6) is 0 Å². The monoisotopic (exact) mass is 344 g/mol. The summed E-state index contributed by atoms with van der Waals surface area (Å²) in [5.41, 5.74) is 1.08. The molecule has 1 saturated heterocycles. The minimum atomic E-state index is -3.12. The van der Waals surface area contributed by atoms with E-state index < -0.39 is 10.0 Å². The maximum Gasteiger partial charge on any atom is 0.220 e. The van der Waals surface area contributed by atoms with Crippen LogP contribution >= 0.6 is 11.6 Å². The van der Waals surface area contributed by atoms with Crippen molar-refractivity contribution in [3.8, 4) is 0 Å². The largest absolute Gasteiger partial charge is 0.353 e. The Morgan fingerprint density at radius 1 is 1.27 bits per heavy atom. The molecule has 0 spiro atoms. The van der Waals surface area contributed by atoms with Crippen LogP contribution in [0, 0.1) is 0 Å². The Balaban J connectivity index is 1.73. The number of sulfonamides is 1. The lowest BCUT2D eigenvalue weighted by Gasteiger charge is -2.30. The van der Waals surface area contributed by atoms with Gasteiger partial charge in [-0.3, -0.25) is 4.79 Å². The third kappa shape index (κ3) is 5.26. The summed E-state index contributed by atoms with van der Waals surface area (Å²) in [6, 6.07) is 7.53. The maximum atomic E-state index is 12.0. The van der Waals surface area contributed by atoms with E-state index in [-0.39, 0.29) is 11.9 Å². The normalized spacial score (nSPS) is 17.4. The number of halogens is 1. The van der Waals surface area contributed by atoms with Crippen LogP contribution < -0.4 is 5.32 Å². The molecule has 1 aromatic rings. The number of piperidine rings is 1. The number of benzene rings is 1. The molecule has 0 unspecified atom stereocenters. The molecule has 0 atom stereocenters. The van der Waals surface area contributed by atoms with Crippen LogP contribution in [-0.4, -0.2) is 44.0 Å². The highest BCUT2D eigenvalue weighted by molar-refractivity contribution is 7.88. The molecule has 0 radical (unpaired) electrons. The fourth-order valence-corrected chi connectivity index (χ4v) is 3.54. The molecule has 1 aliphatic rings. The molecule has 122 valence electrons. The summed E-state index contributed by atoms with van der Waals surface area (Å²) < 4.78 is 24.3. The highest BCUT2D eigenvalue weighted by Crippen LogP contribution is 2.14. The van der Waals surface area contributed by atoms with Crippen LogP contribution in [0.25, 0.3) is 0 Å². The molecule has 0 saturated carbocycles. The minimum Gasteiger partial charge on any atom is -0.353 e. The van der Waals surface area contributed by atoms with Crippen molar-refractivity contribution in [1.82, 2.24) is 9.62 Å². The Morgan fingerprint density at radius 2 is 1.86 bits per heavy atom.